The number of carbonyl (C=O) groups excluding carboxylic acids is 1. The van der Waals surface area contributed by atoms with Crippen molar-refractivity contribution < 1.29 is 23.1 Å². The van der Waals surface area contributed by atoms with E-state index in [1.807, 2.05) is 16.9 Å². The van der Waals surface area contributed by atoms with E-state index in [1.165, 1.54) is 24.5 Å². The molecule has 0 aliphatic carbocycles. The van der Waals surface area contributed by atoms with Gasteiger partial charge in [0.2, 0.25) is 5.91 Å². The Bertz CT molecular complexity index is 1110. The van der Waals surface area contributed by atoms with Gasteiger partial charge in [-0.1, -0.05) is 30.3 Å². The molecule has 29 heavy (non-hydrogen) atoms. The monoisotopic (exact) mass is 432 g/mol. The number of carbonyl (C=O) groups is 2. The summed E-state index contributed by atoms with van der Waals surface area (Å²) in [5.41, 5.74) is 0.565. The number of benzene rings is 2. The van der Waals surface area contributed by atoms with Crippen LogP contribution < -0.4 is 4.72 Å². The number of pyridine rings is 1. The Kier molecular flexibility index (Phi) is 9.97. The van der Waals surface area contributed by atoms with E-state index in [-0.39, 0.29) is 70.4 Å². The topological polar surface area (TPSA) is 113 Å². The molecular formula is C19H18N2Na2O5S. The number of carboxylic acids is 1. The van der Waals surface area contributed by atoms with Crippen LogP contribution in [-0.2, 0) is 26.0 Å². The normalized spacial score (nSPS) is 11.6. The Morgan fingerprint density at radius 3 is 2.21 bits per heavy atom. The third kappa shape index (κ3) is 6.62. The second-order valence-corrected chi connectivity index (χ2v) is 7.61. The van der Waals surface area contributed by atoms with E-state index in [2.05, 4.69) is 4.98 Å². The molecule has 0 radical (unpaired) electrons. The van der Waals surface area contributed by atoms with Crippen LogP contribution >= 0.6 is 0 Å². The summed E-state index contributed by atoms with van der Waals surface area (Å²) in [6.45, 7) is 0. The zero-order chi connectivity index (χ0) is 19.4. The number of aliphatic carboxylic acids is 1. The van der Waals surface area contributed by atoms with Gasteiger partial charge < -0.3 is 5.11 Å². The van der Waals surface area contributed by atoms with Crippen molar-refractivity contribution in [1.82, 2.24) is 9.71 Å². The van der Waals surface area contributed by atoms with Crippen LogP contribution in [0.25, 0.3) is 10.8 Å². The molecule has 1 heterocycles. The van der Waals surface area contributed by atoms with Crippen molar-refractivity contribution in [2.75, 3.05) is 0 Å². The van der Waals surface area contributed by atoms with E-state index < -0.39 is 27.8 Å². The average Bonchev–Trinajstić information content (AvgIpc) is 2.66. The van der Waals surface area contributed by atoms with Crippen molar-refractivity contribution in [2.24, 2.45) is 5.92 Å². The van der Waals surface area contributed by atoms with Gasteiger partial charge in [-0.3, -0.25) is 14.6 Å². The maximum atomic E-state index is 12.5. The summed E-state index contributed by atoms with van der Waals surface area (Å²) >= 11 is 0. The van der Waals surface area contributed by atoms with Gasteiger partial charge in [0.15, 0.2) is 0 Å². The molecule has 0 bridgehead atoms. The third-order valence-electron chi connectivity index (χ3n) is 4.07. The van der Waals surface area contributed by atoms with Gasteiger partial charge in [-0.2, -0.15) is 0 Å². The number of nitrogens with one attached hydrogen (secondary N) is 1. The van der Waals surface area contributed by atoms with Crippen molar-refractivity contribution in [1.29, 1.82) is 0 Å². The van der Waals surface area contributed by atoms with Crippen molar-refractivity contribution in [3.8, 4) is 0 Å². The average molecular weight is 432 g/mol. The molecule has 0 saturated carbocycles. The number of nitrogens with zero attached hydrogens (tertiary/aromatic N) is 1. The molecule has 10 heteroatoms. The predicted octanol–water partition coefficient (Wildman–Crippen LogP) is 0.686. The summed E-state index contributed by atoms with van der Waals surface area (Å²) in [7, 11) is -4.20. The zero-order valence-corrected chi connectivity index (χ0v) is 14.9. The summed E-state index contributed by atoms with van der Waals surface area (Å²) in [5.74, 6) is -4.03. The van der Waals surface area contributed by atoms with Gasteiger partial charge in [0.25, 0.3) is 10.0 Å². The quantitative estimate of drug-likeness (QED) is 0.438. The minimum absolute atomic E-state index is 0. The first-order chi connectivity index (χ1) is 12.9. The molecule has 142 valence electrons. The molecule has 0 aliphatic heterocycles. The molecule has 3 rings (SSSR count). The summed E-state index contributed by atoms with van der Waals surface area (Å²) in [5, 5.41) is 10.9. The standard InChI is InChI=1S/C19H16N2O5S.2Na.2H/c22-18(17(19(23)24)11-13-7-9-20-10-8-13)21-27(25,26)16-6-5-14-3-1-2-4-15(14)12-16;;;;/h1-10,12,17H,11H2,(H,21,22)(H,23,24);;;;. The van der Waals surface area contributed by atoms with E-state index in [0.717, 1.165) is 5.39 Å². The van der Waals surface area contributed by atoms with Crippen LogP contribution in [0.3, 0.4) is 0 Å². The Balaban J connectivity index is 0.00000210. The van der Waals surface area contributed by atoms with Crippen molar-refractivity contribution in [2.45, 2.75) is 11.3 Å². The zero-order valence-electron chi connectivity index (χ0n) is 14.1. The van der Waals surface area contributed by atoms with Gasteiger partial charge in [0, 0.05) is 12.4 Å². The van der Waals surface area contributed by atoms with Crippen LogP contribution in [0.15, 0.2) is 71.9 Å². The first-order valence-corrected chi connectivity index (χ1v) is 9.52. The molecule has 2 N–H and O–H groups in total. The van der Waals surface area contributed by atoms with Crippen LogP contribution in [0.1, 0.15) is 5.56 Å². The number of aromatic nitrogens is 1. The Morgan fingerprint density at radius 1 is 0.966 bits per heavy atom. The van der Waals surface area contributed by atoms with Crippen LogP contribution in [0.2, 0.25) is 0 Å². The summed E-state index contributed by atoms with van der Waals surface area (Å²) < 4.78 is 26.9. The fourth-order valence-electron chi connectivity index (χ4n) is 2.64. The molecule has 0 fully saturated rings. The second-order valence-electron chi connectivity index (χ2n) is 5.93. The van der Waals surface area contributed by atoms with Gasteiger partial charge >= 0.3 is 65.1 Å². The Hall–Kier alpha value is -1.26. The molecule has 1 atom stereocenters. The molecule has 1 aromatic heterocycles. The number of hydrogen-bond donors (Lipinski definition) is 2. The van der Waals surface area contributed by atoms with Crippen molar-refractivity contribution in [3.63, 3.8) is 0 Å². The SMILES string of the molecule is O=C(O)C(Cc1ccncc1)C(=O)NS(=O)(=O)c1ccc2ccccc2c1.[NaH].[NaH]. The fourth-order valence-corrected chi connectivity index (χ4v) is 3.70. The molecule has 0 spiro atoms. The van der Waals surface area contributed by atoms with Crippen LogP contribution in [0.5, 0.6) is 0 Å². The molecule has 0 saturated heterocycles. The number of rotatable bonds is 6. The van der Waals surface area contributed by atoms with Crippen LogP contribution in [0, 0.1) is 5.92 Å². The minimum atomic E-state index is -4.20. The third-order valence-corrected chi connectivity index (χ3v) is 5.41. The van der Waals surface area contributed by atoms with Crippen LogP contribution in [0.4, 0.5) is 0 Å². The Morgan fingerprint density at radius 2 is 1.59 bits per heavy atom. The summed E-state index contributed by atoms with van der Waals surface area (Å²) in [6, 6.07) is 14.8. The van der Waals surface area contributed by atoms with Gasteiger partial charge in [-0.25, -0.2) is 13.1 Å². The van der Waals surface area contributed by atoms with E-state index >= 15 is 0 Å². The molecule has 1 amide bonds. The van der Waals surface area contributed by atoms with Gasteiger partial charge in [0.05, 0.1) is 4.90 Å². The number of fused-ring (bicyclic) bond motifs is 1. The summed E-state index contributed by atoms with van der Waals surface area (Å²) in [6.07, 6.45) is 2.80. The first kappa shape index (κ1) is 25.8. The van der Waals surface area contributed by atoms with Crippen molar-refractivity contribution in [3.05, 3.63) is 72.6 Å². The predicted molar refractivity (Wildman–Crippen MR) is 113 cm³/mol. The number of amides is 1. The first-order valence-electron chi connectivity index (χ1n) is 8.04. The van der Waals surface area contributed by atoms with E-state index in [9.17, 15) is 23.1 Å². The molecule has 0 aliphatic rings. The van der Waals surface area contributed by atoms with Gasteiger partial charge in [0.1, 0.15) is 5.92 Å². The number of carboxylic acid groups (broad SMARTS) is 1. The molecule has 7 nitrogen and oxygen atoms in total. The van der Waals surface area contributed by atoms with E-state index in [1.54, 1.807) is 30.3 Å². The van der Waals surface area contributed by atoms with Gasteiger partial charge in [-0.15, -0.1) is 0 Å². The molecule has 3 aromatic rings. The maximum absolute atomic E-state index is 12.5. The molecule has 2 aromatic carbocycles. The molecule has 1 unspecified atom stereocenters. The number of hydrogen-bond acceptors (Lipinski definition) is 5. The van der Waals surface area contributed by atoms with Gasteiger partial charge in [-0.05, 0) is 47.0 Å². The van der Waals surface area contributed by atoms with Crippen LogP contribution in [-0.4, -0.2) is 89.5 Å². The Labute approximate surface area is 212 Å². The second kappa shape index (κ2) is 11.2. The van der Waals surface area contributed by atoms with E-state index in [4.69, 9.17) is 0 Å². The van der Waals surface area contributed by atoms with Crippen molar-refractivity contribution >= 4 is 91.8 Å². The summed E-state index contributed by atoms with van der Waals surface area (Å²) in [4.78, 5) is 27.5. The van der Waals surface area contributed by atoms with E-state index in [0.29, 0.717) is 10.9 Å². The molecular weight excluding hydrogens is 414 g/mol. The number of sulfonamides is 1. The fraction of sp³-hybridized carbons (Fsp3) is 0.105.